The molecule has 1 N–H and O–H groups in total. The van der Waals surface area contributed by atoms with Crippen molar-refractivity contribution in [2.75, 3.05) is 0 Å². The first-order valence-electron chi connectivity index (χ1n) is 3.29. The Bertz CT molecular complexity index is 233. The number of aromatic nitrogens is 4. The maximum atomic E-state index is 9.16. The summed E-state index contributed by atoms with van der Waals surface area (Å²) in [6, 6.07) is 0. The Labute approximate surface area is 57.7 Å². The molecule has 1 aromatic heterocycles. The van der Waals surface area contributed by atoms with E-state index in [4.69, 9.17) is 5.11 Å². The zero-order chi connectivity index (χ0) is 6.97. The molecule has 0 amide bonds. The van der Waals surface area contributed by atoms with Crippen molar-refractivity contribution in [3.63, 3.8) is 0 Å². The van der Waals surface area contributed by atoms with Crippen LogP contribution in [0.15, 0.2) is 0 Å². The Morgan fingerprint density at radius 1 is 1.60 bits per heavy atom. The maximum absolute atomic E-state index is 9.16. The van der Waals surface area contributed by atoms with Crippen LogP contribution in [0.2, 0.25) is 0 Å². The standard InChI is InChI=1S/C5H8N4O/c10-4-1-2-5-6-7-8-9(5)3-4/h4,10H,1-3H2. The van der Waals surface area contributed by atoms with Gasteiger partial charge in [0, 0.05) is 6.42 Å². The molecular formula is C5H8N4O. The first kappa shape index (κ1) is 5.79. The van der Waals surface area contributed by atoms with Crippen LogP contribution in [0.1, 0.15) is 12.2 Å². The summed E-state index contributed by atoms with van der Waals surface area (Å²) in [6.07, 6.45) is 1.30. The predicted molar refractivity (Wildman–Crippen MR) is 32.1 cm³/mol. The Balaban J connectivity index is 2.30. The van der Waals surface area contributed by atoms with E-state index in [1.54, 1.807) is 4.68 Å². The molecule has 2 rings (SSSR count). The van der Waals surface area contributed by atoms with Gasteiger partial charge in [-0.05, 0) is 16.8 Å². The molecule has 1 aliphatic heterocycles. The van der Waals surface area contributed by atoms with Crippen molar-refractivity contribution in [1.82, 2.24) is 20.2 Å². The van der Waals surface area contributed by atoms with Gasteiger partial charge in [-0.1, -0.05) is 0 Å². The number of nitrogens with zero attached hydrogens (tertiary/aromatic N) is 4. The van der Waals surface area contributed by atoms with E-state index in [9.17, 15) is 0 Å². The van der Waals surface area contributed by atoms with E-state index in [1.807, 2.05) is 0 Å². The van der Waals surface area contributed by atoms with Gasteiger partial charge >= 0.3 is 0 Å². The van der Waals surface area contributed by atoms with Gasteiger partial charge in [-0.2, -0.15) is 0 Å². The number of tetrazole rings is 1. The molecule has 54 valence electrons. The number of aryl methyl sites for hydroxylation is 1. The number of hydrogen-bond donors (Lipinski definition) is 1. The molecule has 1 aromatic rings. The quantitative estimate of drug-likeness (QED) is 0.501. The lowest BCUT2D eigenvalue weighted by molar-refractivity contribution is 0.124. The Kier molecular flexibility index (Phi) is 1.17. The Morgan fingerprint density at radius 3 is 3.40 bits per heavy atom. The molecule has 0 spiro atoms. The topological polar surface area (TPSA) is 63.8 Å². The highest BCUT2D eigenvalue weighted by molar-refractivity contribution is 4.86. The number of aliphatic hydroxyl groups excluding tert-OH is 1. The van der Waals surface area contributed by atoms with Gasteiger partial charge in [-0.3, -0.25) is 0 Å². The molecule has 0 radical (unpaired) electrons. The van der Waals surface area contributed by atoms with Crippen LogP contribution in [-0.2, 0) is 13.0 Å². The smallest absolute Gasteiger partial charge is 0.151 e. The van der Waals surface area contributed by atoms with E-state index >= 15 is 0 Å². The first-order chi connectivity index (χ1) is 4.86. The van der Waals surface area contributed by atoms with E-state index in [2.05, 4.69) is 15.5 Å². The summed E-state index contributed by atoms with van der Waals surface area (Å²) in [7, 11) is 0. The minimum absolute atomic E-state index is 0.268. The molecule has 0 aliphatic carbocycles. The minimum Gasteiger partial charge on any atom is -0.391 e. The zero-order valence-electron chi connectivity index (χ0n) is 5.43. The molecule has 0 fully saturated rings. The predicted octanol–water partition coefficient (Wildman–Crippen LogP) is -1.02. The largest absolute Gasteiger partial charge is 0.391 e. The van der Waals surface area contributed by atoms with Gasteiger partial charge in [-0.25, -0.2) is 4.68 Å². The van der Waals surface area contributed by atoms with Gasteiger partial charge in [0.1, 0.15) is 0 Å². The summed E-state index contributed by atoms with van der Waals surface area (Å²) < 4.78 is 1.65. The van der Waals surface area contributed by atoms with Crippen LogP contribution < -0.4 is 0 Å². The van der Waals surface area contributed by atoms with Crippen molar-refractivity contribution >= 4 is 0 Å². The highest BCUT2D eigenvalue weighted by atomic mass is 16.3. The van der Waals surface area contributed by atoms with E-state index in [0.717, 1.165) is 18.7 Å². The fourth-order valence-electron chi connectivity index (χ4n) is 1.13. The molecule has 5 nitrogen and oxygen atoms in total. The highest BCUT2D eigenvalue weighted by Gasteiger charge is 2.17. The minimum atomic E-state index is -0.268. The molecular weight excluding hydrogens is 132 g/mol. The fraction of sp³-hybridized carbons (Fsp3) is 0.800. The third kappa shape index (κ3) is 0.786. The summed E-state index contributed by atoms with van der Waals surface area (Å²) >= 11 is 0. The number of aliphatic hydroxyl groups is 1. The van der Waals surface area contributed by atoms with E-state index < -0.39 is 0 Å². The van der Waals surface area contributed by atoms with E-state index in [1.165, 1.54) is 0 Å². The zero-order valence-corrected chi connectivity index (χ0v) is 5.43. The summed E-state index contributed by atoms with van der Waals surface area (Å²) in [4.78, 5) is 0. The summed E-state index contributed by atoms with van der Waals surface area (Å²) in [5.74, 6) is 0.880. The van der Waals surface area contributed by atoms with Crippen LogP contribution >= 0.6 is 0 Å². The lowest BCUT2D eigenvalue weighted by Gasteiger charge is -2.15. The van der Waals surface area contributed by atoms with Gasteiger partial charge < -0.3 is 5.11 Å². The van der Waals surface area contributed by atoms with E-state index in [-0.39, 0.29) is 6.10 Å². The van der Waals surface area contributed by atoms with Crippen LogP contribution in [0, 0.1) is 0 Å². The van der Waals surface area contributed by atoms with Crippen LogP contribution in [-0.4, -0.2) is 31.4 Å². The van der Waals surface area contributed by atoms with Crippen LogP contribution in [0.3, 0.4) is 0 Å². The van der Waals surface area contributed by atoms with Crippen LogP contribution in [0.5, 0.6) is 0 Å². The van der Waals surface area contributed by atoms with Crippen molar-refractivity contribution < 1.29 is 5.11 Å². The maximum Gasteiger partial charge on any atom is 0.151 e. The molecule has 0 aromatic carbocycles. The molecule has 2 heterocycles. The van der Waals surface area contributed by atoms with Crippen LogP contribution in [0.25, 0.3) is 0 Å². The van der Waals surface area contributed by atoms with Crippen molar-refractivity contribution in [2.24, 2.45) is 0 Å². The number of fused-ring (bicyclic) bond motifs is 1. The molecule has 0 saturated carbocycles. The lowest BCUT2D eigenvalue weighted by Crippen LogP contribution is -2.25. The SMILES string of the molecule is OC1CCc2nnnn2C1. The van der Waals surface area contributed by atoms with Crippen molar-refractivity contribution in [3.8, 4) is 0 Å². The van der Waals surface area contributed by atoms with Gasteiger partial charge in [0.2, 0.25) is 0 Å². The Hall–Kier alpha value is -0.970. The molecule has 1 aliphatic rings. The first-order valence-corrected chi connectivity index (χ1v) is 3.29. The Morgan fingerprint density at radius 2 is 2.50 bits per heavy atom. The molecule has 0 saturated heterocycles. The van der Waals surface area contributed by atoms with Gasteiger partial charge in [-0.15, -0.1) is 5.10 Å². The van der Waals surface area contributed by atoms with Crippen molar-refractivity contribution in [3.05, 3.63) is 5.82 Å². The number of hydrogen-bond acceptors (Lipinski definition) is 4. The third-order valence-electron chi connectivity index (χ3n) is 1.69. The third-order valence-corrected chi connectivity index (χ3v) is 1.69. The molecule has 1 unspecified atom stereocenters. The second-order valence-electron chi connectivity index (χ2n) is 2.47. The fourth-order valence-corrected chi connectivity index (χ4v) is 1.13. The molecule has 1 atom stereocenters. The monoisotopic (exact) mass is 140 g/mol. The van der Waals surface area contributed by atoms with Gasteiger partial charge in [0.25, 0.3) is 0 Å². The average Bonchev–Trinajstić information content (AvgIpc) is 2.33. The van der Waals surface area contributed by atoms with Gasteiger partial charge in [0.05, 0.1) is 12.6 Å². The summed E-state index contributed by atoms with van der Waals surface area (Å²) in [5.41, 5.74) is 0. The second kappa shape index (κ2) is 2.02. The molecule has 0 bridgehead atoms. The highest BCUT2D eigenvalue weighted by Crippen LogP contribution is 2.09. The second-order valence-corrected chi connectivity index (χ2v) is 2.47. The number of rotatable bonds is 0. The van der Waals surface area contributed by atoms with Crippen molar-refractivity contribution in [2.45, 2.75) is 25.5 Å². The van der Waals surface area contributed by atoms with Crippen LogP contribution in [0.4, 0.5) is 0 Å². The summed E-state index contributed by atoms with van der Waals surface area (Å²) in [6.45, 7) is 0.544. The average molecular weight is 140 g/mol. The lowest BCUT2D eigenvalue weighted by atomic mass is 10.1. The van der Waals surface area contributed by atoms with Crippen molar-refractivity contribution in [1.29, 1.82) is 0 Å². The summed E-state index contributed by atoms with van der Waals surface area (Å²) in [5, 5.41) is 20.1. The molecule has 5 heteroatoms. The van der Waals surface area contributed by atoms with Gasteiger partial charge in [0.15, 0.2) is 5.82 Å². The molecule has 10 heavy (non-hydrogen) atoms. The van der Waals surface area contributed by atoms with E-state index in [0.29, 0.717) is 6.54 Å². The normalized spacial score (nSPS) is 24.3.